The average molecular weight is 375 g/mol. The Morgan fingerprint density at radius 3 is 2.64 bits per heavy atom. The van der Waals surface area contributed by atoms with Gasteiger partial charge in [0.05, 0.1) is 5.56 Å². The maximum atomic E-state index is 12.8. The molecule has 6 heteroatoms. The summed E-state index contributed by atoms with van der Waals surface area (Å²) < 4.78 is 10.7. The molecule has 1 N–H and O–H groups in total. The summed E-state index contributed by atoms with van der Waals surface area (Å²) in [6.07, 6.45) is 1.61. The molecule has 4 rings (SSSR count). The highest BCUT2D eigenvalue weighted by Gasteiger charge is 2.16. The summed E-state index contributed by atoms with van der Waals surface area (Å²) in [5, 5.41) is 3.26. The average Bonchev–Trinajstić information content (AvgIpc) is 3.22. The summed E-state index contributed by atoms with van der Waals surface area (Å²) in [7, 11) is 0. The van der Waals surface area contributed by atoms with E-state index in [1.807, 2.05) is 61.5 Å². The second kappa shape index (κ2) is 8.00. The van der Waals surface area contributed by atoms with E-state index in [0.717, 1.165) is 22.7 Å². The van der Waals surface area contributed by atoms with Gasteiger partial charge in [0, 0.05) is 25.0 Å². The Morgan fingerprint density at radius 2 is 1.89 bits per heavy atom. The molecule has 0 aliphatic carbocycles. The summed E-state index contributed by atoms with van der Waals surface area (Å²) in [4.78, 5) is 18.9. The van der Waals surface area contributed by atoms with Gasteiger partial charge in [-0.2, -0.15) is 0 Å². The number of amides is 1. The fourth-order valence-corrected chi connectivity index (χ4v) is 3.08. The van der Waals surface area contributed by atoms with Crippen molar-refractivity contribution in [2.45, 2.75) is 13.5 Å². The van der Waals surface area contributed by atoms with Crippen LogP contribution in [0.15, 0.2) is 66.9 Å². The molecule has 1 aromatic heterocycles. The van der Waals surface area contributed by atoms with Gasteiger partial charge in [-0.05, 0) is 48.9 Å². The van der Waals surface area contributed by atoms with Gasteiger partial charge in [-0.25, -0.2) is 4.98 Å². The summed E-state index contributed by atoms with van der Waals surface area (Å²) in [5.41, 5.74) is 2.49. The van der Waals surface area contributed by atoms with E-state index in [-0.39, 0.29) is 12.7 Å². The van der Waals surface area contributed by atoms with Crippen molar-refractivity contribution in [3.05, 3.63) is 78.0 Å². The molecule has 0 spiro atoms. The van der Waals surface area contributed by atoms with Crippen molar-refractivity contribution in [3.63, 3.8) is 0 Å². The first-order valence-electron chi connectivity index (χ1n) is 9.20. The molecule has 28 heavy (non-hydrogen) atoms. The Kier molecular flexibility index (Phi) is 5.10. The lowest BCUT2D eigenvalue weighted by Gasteiger charge is -2.21. The van der Waals surface area contributed by atoms with E-state index >= 15 is 0 Å². The molecule has 1 amide bonds. The molecule has 1 aliphatic heterocycles. The van der Waals surface area contributed by atoms with Gasteiger partial charge in [0.25, 0.3) is 5.91 Å². The highest BCUT2D eigenvalue weighted by Crippen LogP contribution is 2.32. The number of hydrogen-bond donors (Lipinski definition) is 1. The van der Waals surface area contributed by atoms with Crippen LogP contribution in [0.2, 0.25) is 0 Å². The largest absolute Gasteiger partial charge is 0.454 e. The normalized spacial score (nSPS) is 11.9. The van der Waals surface area contributed by atoms with E-state index < -0.39 is 0 Å². The molecule has 3 aromatic rings. The minimum absolute atomic E-state index is 0.0662. The Bertz CT molecular complexity index is 959. The van der Waals surface area contributed by atoms with Crippen LogP contribution in [0.3, 0.4) is 0 Å². The number of hydrogen-bond acceptors (Lipinski definition) is 5. The number of fused-ring (bicyclic) bond motifs is 1. The zero-order valence-electron chi connectivity index (χ0n) is 15.6. The molecule has 0 bridgehead atoms. The lowest BCUT2D eigenvalue weighted by molar-refractivity contribution is 0.0988. The van der Waals surface area contributed by atoms with Crippen molar-refractivity contribution in [1.82, 2.24) is 4.98 Å². The zero-order valence-corrected chi connectivity index (χ0v) is 15.6. The second-order valence-electron chi connectivity index (χ2n) is 6.36. The number of pyridine rings is 1. The van der Waals surface area contributed by atoms with E-state index in [1.165, 1.54) is 0 Å². The SMILES string of the molecule is CCN(C(=O)c1ccc(NCc2ccc3c(c2)OCO3)nc1)c1ccccc1. The van der Waals surface area contributed by atoms with Crippen molar-refractivity contribution >= 4 is 17.4 Å². The minimum atomic E-state index is -0.0662. The summed E-state index contributed by atoms with van der Waals surface area (Å²) >= 11 is 0. The summed E-state index contributed by atoms with van der Waals surface area (Å²) in [6, 6.07) is 19.1. The predicted octanol–water partition coefficient (Wildman–Crippen LogP) is 4.09. The first kappa shape index (κ1) is 17.9. The molecule has 0 saturated heterocycles. The Morgan fingerprint density at radius 1 is 1.07 bits per heavy atom. The first-order valence-corrected chi connectivity index (χ1v) is 9.20. The van der Waals surface area contributed by atoms with Crippen molar-refractivity contribution in [2.75, 3.05) is 23.6 Å². The molecular weight excluding hydrogens is 354 g/mol. The van der Waals surface area contributed by atoms with Crippen molar-refractivity contribution in [3.8, 4) is 11.5 Å². The molecule has 6 nitrogen and oxygen atoms in total. The lowest BCUT2D eigenvalue weighted by Crippen LogP contribution is -2.30. The van der Waals surface area contributed by atoms with Crippen LogP contribution in [0, 0.1) is 0 Å². The number of benzene rings is 2. The van der Waals surface area contributed by atoms with Crippen LogP contribution in [-0.4, -0.2) is 24.2 Å². The third-order valence-corrected chi connectivity index (χ3v) is 4.55. The minimum Gasteiger partial charge on any atom is -0.454 e. The van der Waals surface area contributed by atoms with Gasteiger partial charge in [0.15, 0.2) is 11.5 Å². The molecule has 0 fully saturated rings. The zero-order chi connectivity index (χ0) is 19.3. The van der Waals surface area contributed by atoms with Gasteiger partial charge < -0.3 is 19.7 Å². The van der Waals surface area contributed by atoms with Crippen LogP contribution in [0.25, 0.3) is 0 Å². The van der Waals surface area contributed by atoms with E-state index in [4.69, 9.17) is 9.47 Å². The standard InChI is InChI=1S/C22H21N3O3/c1-2-25(18-6-4-3-5-7-18)22(26)17-9-11-21(24-14-17)23-13-16-8-10-19-20(12-16)28-15-27-19/h3-12,14H,2,13,15H2,1H3,(H,23,24). The maximum absolute atomic E-state index is 12.8. The number of para-hydroxylation sites is 1. The van der Waals surface area contributed by atoms with Crippen LogP contribution in [0.4, 0.5) is 11.5 Å². The van der Waals surface area contributed by atoms with Crippen molar-refractivity contribution < 1.29 is 14.3 Å². The summed E-state index contributed by atoms with van der Waals surface area (Å²) in [5.74, 6) is 2.16. The van der Waals surface area contributed by atoms with Crippen molar-refractivity contribution in [2.24, 2.45) is 0 Å². The third-order valence-electron chi connectivity index (χ3n) is 4.55. The van der Waals surface area contributed by atoms with Crippen LogP contribution in [-0.2, 0) is 6.54 Å². The van der Waals surface area contributed by atoms with Crippen molar-refractivity contribution in [1.29, 1.82) is 0 Å². The Balaban J connectivity index is 1.41. The first-order chi connectivity index (χ1) is 13.7. The fourth-order valence-electron chi connectivity index (χ4n) is 3.08. The Hall–Kier alpha value is -3.54. The van der Waals surface area contributed by atoms with E-state index in [0.29, 0.717) is 24.5 Å². The molecular formula is C22H21N3O3. The van der Waals surface area contributed by atoms with Gasteiger partial charge in [0.2, 0.25) is 6.79 Å². The summed E-state index contributed by atoms with van der Waals surface area (Å²) in [6.45, 7) is 3.41. The number of rotatable bonds is 6. The smallest absolute Gasteiger partial charge is 0.259 e. The van der Waals surface area contributed by atoms with E-state index in [2.05, 4.69) is 10.3 Å². The molecule has 2 aromatic carbocycles. The monoisotopic (exact) mass is 375 g/mol. The van der Waals surface area contributed by atoms with Gasteiger partial charge in [-0.3, -0.25) is 4.79 Å². The molecule has 142 valence electrons. The van der Waals surface area contributed by atoms with E-state index in [9.17, 15) is 4.79 Å². The van der Waals surface area contributed by atoms with E-state index in [1.54, 1.807) is 17.2 Å². The number of anilines is 2. The fraction of sp³-hybridized carbons (Fsp3) is 0.182. The molecule has 0 saturated carbocycles. The topological polar surface area (TPSA) is 63.7 Å². The number of aromatic nitrogens is 1. The Labute approximate surface area is 163 Å². The number of carbonyl (C=O) groups is 1. The second-order valence-corrected chi connectivity index (χ2v) is 6.36. The molecule has 0 radical (unpaired) electrons. The van der Waals surface area contributed by atoms with Crippen LogP contribution in [0.1, 0.15) is 22.8 Å². The number of carbonyl (C=O) groups excluding carboxylic acids is 1. The van der Waals surface area contributed by atoms with Gasteiger partial charge >= 0.3 is 0 Å². The molecule has 0 unspecified atom stereocenters. The third kappa shape index (κ3) is 3.76. The highest BCUT2D eigenvalue weighted by molar-refractivity contribution is 6.05. The highest BCUT2D eigenvalue weighted by atomic mass is 16.7. The maximum Gasteiger partial charge on any atom is 0.259 e. The quantitative estimate of drug-likeness (QED) is 0.703. The van der Waals surface area contributed by atoms with Gasteiger partial charge in [0.1, 0.15) is 5.82 Å². The number of ether oxygens (including phenoxy) is 2. The van der Waals surface area contributed by atoms with Crippen LogP contribution < -0.4 is 19.7 Å². The van der Waals surface area contributed by atoms with Crippen LogP contribution in [0.5, 0.6) is 11.5 Å². The number of nitrogens with zero attached hydrogens (tertiary/aromatic N) is 2. The molecule has 1 aliphatic rings. The molecule has 2 heterocycles. The van der Waals surface area contributed by atoms with Gasteiger partial charge in [-0.15, -0.1) is 0 Å². The predicted molar refractivity (Wildman–Crippen MR) is 108 cm³/mol. The number of nitrogens with one attached hydrogen (secondary N) is 1. The van der Waals surface area contributed by atoms with Gasteiger partial charge in [-0.1, -0.05) is 24.3 Å². The van der Waals surface area contributed by atoms with Crippen LogP contribution >= 0.6 is 0 Å². The lowest BCUT2D eigenvalue weighted by atomic mass is 10.2. The molecule has 0 atom stereocenters.